The summed E-state index contributed by atoms with van der Waals surface area (Å²) >= 11 is 0. The Morgan fingerprint density at radius 3 is 2.43 bits per heavy atom. The molecule has 0 bridgehead atoms. The first-order chi connectivity index (χ1) is 6.88. The fourth-order valence-electron chi connectivity index (χ4n) is 1.35. The minimum absolute atomic E-state index is 0.353. The van der Waals surface area contributed by atoms with Crippen molar-refractivity contribution in [3.8, 4) is 0 Å². The van der Waals surface area contributed by atoms with Crippen LogP contribution in [0.5, 0.6) is 0 Å². The van der Waals surface area contributed by atoms with Gasteiger partial charge in [0.25, 0.3) is 0 Å². The van der Waals surface area contributed by atoms with Gasteiger partial charge < -0.3 is 10.3 Å². The summed E-state index contributed by atoms with van der Waals surface area (Å²) in [7, 11) is 0. The van der Waals surface area contributed by atoms with Crippen LogP contribution in [0.15, 0.2) is 43.0 Å². The van der Waals surface area contributed by atoms with Gasteiger partial charge in [0.1, 0.15) is 0 Å². The normalized spacial score (nSPS) is 10.4. The Bertz CT molecular complexity index is 375. The van der Waals surface area contributed by atoms with Gasteiger partial charge in [0.2, 0.25) is 0 Å². The monoisotopic (exact) mass is 186 g/mol. The zero-order valence-corrected chi connectivity index (χ0v) is 7.85. The van der Waals surface area contributed by atoms with E-state index in [1.54, 1.807) is 12.5 Å². The highest BCUT2D eigenvalue weighted by Gasteiger charge is 1.93. The average molecular weight is 186 g/mol. The molecular weight excluding hydrogens is 174 g/mol. The summed E-state index contributed by atoms with van der Waals surface area (Å²) in [5.41, 5.74) is 9.49. The highest BCUT2D eigenvalue weighted by Crippen LogP contribution is 2.06. The van der Waals surface area contributed by atoms with Gasteiger partial charge in [-0.25, -0.2) is 4.98 Å². The van der Waals surface area contributed by atoms with Crippen LogP contribution in [0.4, 0.5) is 0 Å². The van der Waals surface area contributed by atoms with E-state index in [0.717, 1.165) is 12.1 Å². The number of imidazole rings is 1. The minimum Gasteiger partial charge on any atom is -0.674 e. The Morgan fingerprint density at radius 2 is 1.86 bits per heavy atom. The Hall–Kier alpha value is -1.61. The van der Waals surface area contributed by atoms with Crippen molar-refractivity contribution in [1.82, 2.24) is 9.55 Å². The number of nitrogens with one attached hydrogen (secondary N) is 1. The van der Waals surface area contributed by atoms with Crippen molar-refractivity contribution in [3.05, 3.63) is 59.8 Å². The molecule has 1 aromatic heterocycles. The SMILES string of the molecule is [NH-]Cc1ccc(Cn2ccnc2)cc1. The number of nitrogens with zero attached hydrogens (tertiary/aromatic N) is 2. The van der Waals surface area contributed by atoms with Gasteiger partial charge in [0.05, 0.1) is 6.33 Å². The van der Waals surface area contributed by atoms with Crippen LogP contribution in [0.2, 0.25) is 0 Å². The van der Waals surface area contributed by atoms with Crippen molar-refractivity contribution in [3.63, 3.8) is 0 Å². The third kappa shape index (κ3) is 2.00. The molecule has 0 saturated carbocycles. The zero-order chi connectivity index (χ0) is 9.80. The molecule has 0 aliphatic carbocycles. The second kappa shape index (κ2) is 4.07. The van der Waals surface area contributed by atoms with Crippen molar-refractivity contribution in [2.75, 3.05) is 0 Å². The lowest BCUT2D eigenvalue weighted by Gasteiger charge is -2.05. The standard InChI is InChI=1S/C11H12N3/c12-7-10-1-3-11(4-2-10)8-14-6-5-13-9-14/h1-6,9,12H,7-8H2/q-1. The molecule has 0 radical (unpaired) electrons. The predicted octanol–water partition coefficient (Wildman–Crippen LogP) is 2.48. The quantitative estimate of drug-likeness (QED) is 0.726. The molecule has 0 unspecified atom stereocenters. The third-order valence-corrected chi connectivity index (χ3v) is 2.15. The summed E-state index contributed by atoms with van der Waals surface area (Å²) in [6.45, 7) is 1.20. The number of hydrogen-bond acceptors (Lipinski definition) is 1. The fourth-order valence-corrected chi connectivity index (χ4v) is 1.35. The lowest BCUT2D eigenvalue weighted by Crippen LogP contribution is -1.96. The summed E-state index contributed by atoms with van der Waals surface area (Å²) in [6, 6.07) is 8.12. The van der Waals surface area contributed by atoms with E-state index in [4.69, 9.17) is 5.73 Å². The molecule has 1 N–H and O–H groups in total. The second-order valence-corrected chi connectivity index (χ2v) is 3.23. The minimum atomic E-state index is 0.353. The molecule has 72 valence electrons. The van der Waals surface area contributed by atoms with Crippen molar-refractivity contribution in [2.45, 2.75) is 13.1 Å². The summed E-state index contributed by atoms with van der Waals surface area (Å²) in [5, 5.41) is 0. The number of benzene rings is 1. The van der Waals surface area contributed by atoms with E-state index in [-0.39, 0.29) is 0 Å². The van der Waals surface area contributed by atoms with Crippen molar-refractivity contribution in [1.29, 1.82) is 0 Å². The highest BCUT2D eigenvalue weighted by molar-refractivity contribution is 5.23. The van der Waals surface area contributed by atoms with Crippen molar-refractivity contribution >= 4 is 0 Å². The van der Waals surface area contributed by atoms with Gasteiger partial charge >= 0.3 is 0 Å². The van der Waals surface area contributed by atoms with Gasteiger partial charge in [-0.1, -0.05) is 29.8 Å². The first kappa shape index (κ1) is 8.97. The second-order valence-electron chi connectivity index (χ2n) is 3.23. The summed E-state index contributed by atoms with van der Waals surface area (Å²) in [4.78, 5) is 3.99. The van der Waals surface area contributed by atoms with Gasteiger partial charge in [-0.15, -0.1) is 6.54 Å². The largest absolute Gasteiger partial charge is 0.674 e. The van der Waals surface area contributed by atoms with Gasteiger partial charge in [-0.3, -0.25) is 0 Å². The maximum absolute atomic E-state index is 7.20. The molecule has 0 fully saturated rings. The molecule has 2 aromatic rings. The van der Waals surface area contributed by atoms with Gasteiger partial charge in [0.15, 0.2) is 0 Å². The molecule has 1 aromatic carbocycles. The summed E-state index contributed by atoms with van der Waals surface area (Å²) in [6.07, 6.45) is 5.52. The van der Waals surface area contributed by atoms with Crippen LogP contribution in [-0.4, -0.2) is 9.55 Å². The molecule has 0 spiro atoms. The Labute approximate surface area is 83.2 Å². The molecule has 0 aliphatic rings. The molecule has 0 amide bonds. The van der Waals surface area contributed by atoms with Crippen molar-refractivity contribution in [2.24, 2.45) is 0 Å². The summed E-state index contributed by atoms with van der Waals surface area (Å²) in [5.74, 6) is 0. The molecule has 0 saturated heterocycles. The van der Waals surface area contributed by atoms with E-state index in [0.29, 0.717) is 6.54 Å². The fraction of sp³-hybridized carbons (Fsp3) is 0.182. The van der Waals surface area contributed by atoms with E-state index in [1.165, 1.54) is 5.56 Å². The molecule has 1 heterocycles. The van der Waals surface area contributed by atoms with Crippen LogP contribution < -0.4 is 0 Å². The van der Waals surface area contributed by atoms with Gasteiger partial charge in [-0.05, 0) is 5.56 Å². The van der Waals surface area contributed by atoms with E-state index >= 15 is 0 Å². The van der Waals surface area contributed by atoms with Gasteiger partial charge in [0, 0.05) is 18.9 Å². The average Bonchev–Trinajstić information content (AvgIpc) is 2.72. The summed E-state index contributed by atoms with van der Waals surface area (Å²) < 4.78 is 2.02. The molecule has 14 heavy (non-hydrogen) atoms. The Kier molecular flexibility index (Phi) is 2.60. The van der Waals surface area contributed by atoms with Crippen molar-refractivity contribution < 1.29 is 0 Å². The van der Waals surface area contributed by atoms with Crippen LogP contribution in [0.25, 0.3) is 5.73 Å². The predicted molar refractivity (Wildman–Crippen MR) is 55.8 cm³/mol. The first-order valence-electron chi connectivity index (χ1n) is 4.56. The van der Waals surface area contributed by atoms with Crippen LogP contribution in [0, 0.1) is 0 Å². The van der Waals surface area contributed by atoms with E-state index in [1.807, 2.05) is 22.9 Å². The van der Waals surface area contributed by atoms with E-state index in [2.05, 4.69) is 17.1 Å². The zero-order valence-electron chi connectivity index (χ0n) is 7.85. The lowest BCUT2D eigenvalue weighted by molar-refractivity contribution is 0.797. The van der Waals surface area contributed by atoms with Crippen LogP contribution in [0.1, 0.15) is 11.1 Å². The third-order valence-electron chi connectivity index (χ3n) is 2.15. The topological polar surface area (TPSA) is 41.6 Å². The van der Waals surface area contributed by atoms with Crippen LogP contribution >= 0.6 is 0 Å². The molecule has 3 nitrogen and oxygen atoms in total. The molecule has 2 rings (SSSR count). The van der Waals surface area contributed by atoms with Crippen LogP contribution in [-0.2, 0) is 13.1 Å². The number of rotatable bonds is 3. The maximum Gasteiger partial charge on any atom is 0.0949 e. The number of aromatic nitrogens is 2. The molecule has 0 aliphatic heterocycles. The lowest BCUT2D eigenvalue weighted by atomic mass is 10.1. The first-order valence-corrected chi connectivity index (χ1v) is 4.56. The molecule has 0 atom stereocenters. The maximum atomic E-state index is 7.20. The molecule has 3 heteroatoms. The van der Waals surface area contributed by atoms with E-state index < -0.39 is 0 Å². The molecular formula is C11H12N3-. The van der Waals surface area contributed by atoms with Gasteiger partial charge in [-0.2, -0.15) is 0 Å². The highest BCUT2D eigenvalue weighted by atomic mass is 15.0. The Balaban J connectivity index is 2.10. The van der Waals surface area contributed by atoms with E-state index in [9.17, 15) is 0 Å². The smallest absolute Gasteiger partial charge is 0.0949 e. The number of hydrogen-bond donors (Lipinski definition) is 0. The Morgan fingerprint density at radius 1 is 1.14 bits per heavy atom. The van der Waals surface area contributed by atoms with Crippen LogP contribution in [0.3, 0.4) is 0 Å².